The first-order chi connectivity index (χ1) is 8.35. The number of allylic oxidation sites excluding steroid dienone is 1. The Morgan fingerprint density at radius 3 is 2.18 bits per heavy atom. The molecule has 2 heteroatoms. The van der Waals surface area contributed by atoms with Crippen molar-refractivity contribution in [2.75, 3.05) is 0 Å². The van der Waals surface area contributed by atoms with Gasteiger partial charge in [-0.2, -0.15) is 0 Å². The molecule has 2 aliphatic heterocycles. The molecule has 2 rings (SSSR count). The highest BCUT2D eigenvalue weighted by molar-refractivity contribution is 4.94. The smallest absolute Gasteiger partial charge is 0.0867 e. The molecule has 98 valence electrons. The number of ether oxygens (including phenoxy) is 2. The van der Waals surface area contributed by atoms with Crippen LogP contribution < -0.4 is 0 Å². The zero-order valence-electron chi connectivity index (χ0n) is 11.1. The summed E-state index contributed by atoms with van der Waals surface area (Å²) in [6, 6.07) is 0. The van der Waals surface area contributed by atoms with E-state index in [0.29, 0.717) is 24.4 Å². The van der Waals surface area contributed by atoms with E-state index in [1.807, 2.05) is 6.08 Å². The van der Waals surface area contributed by atoms with Gasteiger partial charge in [-0.1, -0.05) is 32.3 Å². The first-order valence-corrected chi connectivity index (χ1v) is 7.27. The summed E-state index contributed by atoms with van der Waals surface area (Å²) in [7, 11) is 0. The average Bonchev–Trinajstić information content (AvgIpc) is 3.21. The normalized spacial score (nSPS) is 34.6. The van der Waals surface area contributed by atoms with Crippen molar-refractivity contribution in [1.82, 2.24) is 0 Å². The third-order valence-electron chi connectivity index (χ3n) is 3.83. The molecule has 0 spiro atoms. The van der Waals surface area contributed by atoms with Crippen LogP contribution in [0.1, 0.15) is 58.3 Å². The summed E-state index contributed by atoms with van der Waals surface area (Å²) in [4.78, 5) is 0. The predicted octanol–water partition coefficient (Wildman–Crippen LogP) is 3.85. The van der Waals surface area contributed by atoms with Crippen molar-refractivity contribution in [3.05, 3.63) is 12.7 Å². The predicted molar refractivity (Wildman–Crippen MR) is 70.1 cm³/mol. The van der Waals surface area contributed by atoms with E-state index >= 15 is 0 Å². The summed E-state index contributed by atoms with van der Waals surface area (Å²) < 4.78 is 11.4. The van der Waals surface area contributed by atoms with Gasteiger partial charge in [0.2, 0.25) is 0 Å². The molecule has 0 amide bonds. The van der Waals surface area contributed by atoms with Crippen molar-refractivity contribution in [1.29, 1.82) is 0 Å². The van der Waals surface area contributed by atoms with E-state index in [0.717, 1.165) is 12.8 Å². The van der Waals surface area contributed by atoms with Crippen molar-refractivity contribution >= 4 is 0 Å². The van der Waals surface area contributed by atoms with Crippen molar-refractivity contribution in [3.63, 3.8) is 0 Å². The summed E-state index contributed by atoms with van der Waals surface area (Å²) in [5, 5.41) is 0. The lowest BCUT2D eigenvalue weighted by molar-refractivity contribution is 0.318. The van der Waals surface area contributed by atoms with Crippen LogP contribution in [-0.4, -0.2) is 24.4 Å². The van der Waals surface area contributed by atoms with Gasteiger partial charge in [-0.25, -0.2) is 0 Å². The summed E-state index contributed by atoms with van der Waals surface area (Å²) >= 11 is 0. The van der Waals surface area contributed by atoms with Gasteiger partial charge in [0.25, 0.3) is 0 Å². The molecule has 2 aliphatic rings. The second kappa shape index (κ2) is 6.55. The van der Waals surface area contributed by atoms with Gasteiger partial charge in [0.05, 0.1) is 24.4 Å². The Balaban J connectivity index is 1.46. The molecular formula is C15H26O2. The van der Waals surface area contributed by atoms with E-state index in [4.69, 9.17) is 9.47 Å². The number of hydrogen-bond acceptors (Lipinski definition) is 2. The van der Waals surface area contributed by atoms with Crippen LogP contribution in [0.15, 0.2) is 12.7 Å². The van der Waals surface area contributed by atoms with Gasteiger partial charge in [-0.15, -0.1) is 6.58 Å². The zero-order valence-corrected chi connectivity index (χ0v) is 11.1. The van der Waals surface area contributed by atoms with Crippen LogP contribution in [0.4, 0.5) is 0 Å². The molecule has 2 saturated heterocycles. The molecule has 0 saturated carbocycles. The van der Waals surface area contributed by atoms with Crippen molar-refractivity contribution in [3.8, 4) is 0 Å². The maximum absolute atomic E-state index is 5.69. The van der Waals surface area contributed by atoms with Crippen LogP contribution in [0.5, 0.6) is 0 Å². The molecular weight excluding hydrogens is 212 g/mol. The van der Waals surface area contributed by atoms with Gasteiger partial charge in [-0.05, 0) is 25.7 Å². The van der Waals surface area contributed by atoms with Crippen LogP contribution in [0, 0.1) is 0 Å². The molecule has 0 aromatic carbocycles. The van der Waals surface area contributed by atoms with E-state index in [2.05, 4.69) is 13.5 Å². The minimum absolute atomic E-state index is 0.501. The monoisotopic (exact) mass is 238 g/mol. The standard InChI is InChI=1S/C15H26O2/c1-3-5-7-9-12-14(16-12)11-15-13(17-15)10-8-6-4-2/h3,12-15H,1,4-11H2,2H3/t12-,13-,14+,15+/m0/s1. The minimum atomic E-state index is 0.501. The Bertz CT molecular complexity index is 239. The van der Waals surface area contributed by atoms with E-state index in [-0.39, 0.29) is 0 Å². The molecule has 0 aromatic heterocycles. The summed E-state index contributed by atoms with van der Waals surface area (Å²) in [6.45, 7) is 5.99. The van der Waals surface area contributed by atoms with Gasteiger partial charge >= 0.3 is 0 Å². The quantitative estimate of drug-likeness (QED) is 0.328. The van der Waals surface area contributed by atoms with E-state index in [1.165, 1.54) is 38.5 Å². The van der Waals surface area contributed by atoms with Gasteiger partial charge < -0.3 is 9.47 Å². The van der Waals surface area contributed by atoms with Gasteiger partial charge in [0.1, 0.15) is 0 Å². The third-order valence-corrected chi connectivity index (χ3v) is 3.83. The fraction of sp³-hybridized carbons (Fsp3) is 0.867. The van der Waals surface area contributed by atoms with E-state index in [9.17, 15) is 0 Å². The topological polar surface area (TPSA) is 25.1 Å². The van der Waals surface area contributed by atoms with Crippen molar-refractivity contribution < 1.29 is 9.47 Å². The first kappa shape index (κ1) is 13.1. The highest BCUT2D eigenvalue weighted by Crippen LogP contribution is 2.38. The molecule has 0 bridgehead atoms. The average molecular weight is 238 g/mol. The van der Waals surface area contributed by atoms with Crippen LogP contribution in [0.3, 0.4) is 0 Å². The second-order valence-corrected chi connectivity index (χ2v) is 5.38. The highest BCUT2D eigenvalue weighted by atomic mass is 16.6. The maximum Gasteiger partial charge on any atom is 0.0867 e. The second-order valence-electron chi connectivity index (χ2n) is 5.38. The molecule has 2 nitrogen and oxygen atoms in total. The number of hydrogen-bond donors (Lipinski definition) is 0. The van der Waals surface area contributed by atoms with E-state index in [1.54, 1.807) is 0 Å². The SMILES string of the molecule is C=CCCC[C@@H]1O[C@@H]1C[C@H]1O[C@H]1CCCCC. The number of epoxide rings is 2. The maximum atomic E-state index is 5.69. The summed E-state index contributed by atoms with van der Waals surface area (Å²) in [5.41, 5.74) is 0. The van der Waals surface area contributed by atoms with Crippen LogP contribution >= 0.6 is 0 Å². The third kappa shape index (κ3) is 4.44. The Hall–Kier alpha value is -0.340. The van der Waals surface area contributed by atoms with E-state index < -0.39 is 0 Å². The Kier molecular flexibility index (Phi) is 5.05. The Labute approximate surface area is 105 Å². The fourth-order valence-corrected chi connectivity index (χ4v) is 2.57. The summed E-state index contributed by atoms with van der Waals surface area (Å²) in [6.07, 6.45) is 14.0. The lowest BCUT2D eigenvalue weighted by Gasteiger charge is -1.94. The lowest BCUT2D eigenvalue weighted by atomic mass is 10.1. The van der Waals surface area contributed by atoms with Gasteiger partial charge in [0.15, 0.2) is 0 Å². The fourth-order valence-electron chi connectivity index (χ4n) is 2.57. The molecule has 2 heterocycles. The largest absolute Gasteiger partial charge is 0.369 e. The van der Waals surface area contributed by atoms with Gasteiger partial charge in [-0.3, -0.25) is 0 Å². The number of unbranched alkanes of at least 4 members (excludes halogenated alkanes) is 3. The van der Waals surface area contributed by atoms with Crippen molar-refractivity contribution in [2.45, 2.75) is 82.7 Å². The van der Waals surface area contributed by atoms with Crippen LogP contribution in [0.25, 0.3) is 0 Å². The molecule has 0 aromatic rings. The molecule has 0 N–H and O–H groups in total. The van der Waals surface area contributed by atoms with Crippen LogP contribution in [-0.2, 0) is 9.47 Å². The zero-order chi connectivity index (χ0) is 12.1. The lowest BCUT2D eigenvalue weighted by Crippen LogP contribution is -2.02. The number of rotatable bonds is 10. The van der Waals surface area contributed by atoms with Gasteiger partial charge in [0, 0.05) is 6.42 Å². The first-order valence-electron chi connectivity index (χ1n) is 7.27. The Morgan fingerprint density at radius 2 is 1.59 bits per heavy atom. The molecule has 0 aliphatic carbocycles. The van der Waals surface area contributed by atoms with Crippen LogP contribution in [0.2, 0.25) is 0 Å². The highest BCUT2D eigenvalue weighted by Gasteiger charge is 2.47. The Morgan fingerprint density at radius 1 is 0.941 bits per heavy atom. The molecule has 0 radical (unpaired) electrons. The summed E-state index contributed by atoms with van der Waals surface area (Å²) in [5.74, 6) is 0. The minimum Gasteiger partial charge on any atom is -0.369 e. The van der Waals surface area contributed by atoms with Crippen molar-refractivity contribution in [2.24, 2.45) is 0 Å². The molecule has 17 heavy (non-hydrogen) atoms. The molecule has 4 atom stereocenters. The molecule has 0 unspecified atom stereocenters. The molecule has 2 fully saturated rings.